The number of nitrogens with zero attached hydrogens (tertiary/aromatic N) is 4. The Bertz CT molecular complexity index is 1470. The lowest BCUT2D eigenvalue weighted by Crippen LogP contribution is -2.50. The first-order valence-electron chi connectivity index (χ1n) is 11.6. The van der Waals surface area contributed by atoms with Crippen LogP contribution in [0.3, 0.4) is 0 Å². The third-order valence-corrected chi connectivity index (χ3v) is 6.77. The molecule has 1 aromatic heterocycles. The second-order valence-corrected chi connectivity index (χ2v) is 9.04. The van der Waals surface area contributed by atoms with Crippen LogP contribution in [0.4, 0.5) is 14.7 Å². The number of hydrogen-bond acceptors (Lipinski definition) is 5. The van der Waals surface area contributed by atoms with Crippen LogP contribution in [0.1, 0.15) is 22.3 Å². The fourth-order valence-corrected chi connectivity index (χ4v) is 4.90. The molecule has 0 radical (unpaired) electrons. The Morgan fingerprint density at radius 3 is 2.63 bits per heavy atom. The van der Waals surface area contributed by atoms with Gasteiger partial charge in [0, 0.05) is 43.4 Å². The average molecular weight is 474 g/mol. The predicted octanol–water partition coefficient (Wildman–Crippen LogP) is 4.26. The second kappa shape index (κ2) is 8.39. The van der Waals surface area contributed by atoms with Crippen molar-refractivity contribution in [2.24, 2.45) is 0 Å². The number of imidazole rings is 1. The summed E-state index contributed by atoms with van der Waals surface area (Å²) in [5.41, 5.74) is 11.5. The molecular formula is C27H25F2N5O. The van der Waals surface area contributed by atoms with E-state index in [1.165, 1.54) is 18.2 Å². The van der Waals surface area contributed by atoms with Crippen molar-refractivity contribution in [2.45, 2.75) is 6.61 Å². The van der Waals surface area contributed by atoms with Crippen molar-refractivity contribution in [3.05, 3.63) is 88.5 Å². The first-order chi connectivity index (χ1) is 17.0. The lowest BCUT2D eigenvalue weighted by atomic mass is 9.92. The molecule has 1 fully saturated rings. The highest BCUT2D eigenvalue weighted by Crippen LogP contribution is 2.39. The fraction of sp³-hybridized carbons (Fsp3) is 0.222. The maximum Gasteiger partial charge on any atom is 0.220 e. The van der Waals surface area contributed by atoms with Crippen molar-refractivity contribution in [1.29, 1.82) is 0 Å². The molecule has 6 nitrogen and oxygen atoms in total. The summed E-state index contributed by atoms with van der Waals surface area (Å²) in [6, 6.07) is 15.3. The minimum absolute atomic E-state index is 0.0286. The number of ether oxygens (including phenoxy) is 1. The highest BCUT2D eigenvalue weighted by Gasteiger charge is 2.23. The number of piperazine rings is 1. The Balaban J connectivity index is 1.47. The number of hydrogen-bond donors (Lipinski definition) is 1. The van der Waals surface area contributed by atoms with E-state index >= 15 is 0 Å². The van der Waals surface area contributed by atoms with Gasteiger partial charge in [0.2, 0.25) is 5.95 Å². The molecule has 8 heteroatoms. The monoisotopic (exact) mass is 473 g/mol. The number of aromatic nitrogens is 2. The Labute approximate surface area is 201 Å². The van der Waals surface area contributed by atoms with E-state index in [1.54, 1.807) is 12.1 Å². The van der Waals surface area contributed by atoms with Crippen LogP contribution in [-0.4, -0.2) is 47.8 Å². The number of halogens is 2. The summed E-state index contributed by atoms with van der Waals surface area (Å²) in [6.07, 6.45) is 1.97. The van der Waals surface area contributed by atoms with Crippen LogP contribution >= 0.6 is 0 Å². The normalized spacial score (nSPS) is 17.2. The van der Waals surface area contributed by atoms with Gasteiger partial charge in [-0.15, -0.1) is 0 Å². The summed E-state index contributed by atoms with van der Waals surface area (Å²) in [5.74, 6) is 0.0821. The molecule has 0 atom stereocenters. The number of likely N-dealkylation sites (N-methyl/N-ethyl adjacent to an activating group) is 1. The molecule has 0 aliphatic carbocycles. The molecule has 2 N–H and O–H groups in total. The standard InChI is InChI=1S/C27H25F2N5O/c1-32-9-11-33(12-10-32)34-25-8-5-17(14-24(25)31-27(34)30)13-21-19-3-2-4-23(29)22(19)16-35-26-15-18(28)6-7-20(21)26/h2-8,13-15H,9-12,16H2,1H3,(H2,30,31)/b21-13+. The molecule has 3 aromatic carbocycles. The number of nitrogen functional groups attached to an aromatic ring is 1. The summed E-state index contributed by atoms with van der Waals surface area (Å²) in [6.45, 7) is 3.69. The Morgan fingerprint density at radius 2 is 1.80 bits per heavy atom. The summed E-state index contributed by atoms with van der Waals surface area (Å²) in [4.78, 5) is 6.90. The van der Waals surface area contributed by atoms with Crippen molar-refractivity contribution >= 4 is 28.6 Å². The van der Waals surface area contributed by atoms with Crippen LogP contribution in [0, 0.1) is 11.6 Å². The third-order valence-electron chi connectivity index (χ3n) is 6.77. The zero-order valence-corrected chi connectivity index (χ0v) is 19.3. The molecular weight excluding hydrogens is 448 g/mol. The number of rotatable bonds is 2. The number of benzene rings is 3. The maximum absolute atomic E-state index is 14.7. The first-order valence-corrected chi connectivity index (χ1v) is 11.6. The summed E-state index contributed by atoms with van der Waals surface area (Å²) >= 11 is 0. The van der Waals surface area contributed by atoms with Gasteiger partial charge in [-0.3, -0.25) is 0 Å². The molecule has 0 spiro atoms. The van der Waals surface area contributed by atoms with Gasteiger partial charge in [0.1, 0.15) is 24.0 Å². The van der Waals surface area contributed by atoms with Crippen molar-refractivity contribution in [3.8, 4) is 5.75 Å². The van der Waals surface area contributed by atoms with E-state index in [-0.39, 0.29) is 12.4 Å². The topological polar surface area (TPSA) is 59.5 Å². The molecule has 0 bridgehead atoms. The molecule has 0 unspecified atom stereocenters. The molecule has 4 aromatic rings. The zero-order chi connectivity index (χ0) is 24.1. The first kappa shape index (κ1) is 21.6. The van der Waals surface area contributed by atoms with Gasteiger partial charge in [-0.25, -0.2) is 18.4 Å². The quantitative estimate of drug-likeness (QED) is 0.472. The minimum atomic E-state index is -0.402. The van der Waals surface area contributed by atoms with Crippen LogP contribution in [0.2, 0.25) is 0 Å². The van der Waals surface area contributed by atoms with E-state index in [2.05, 4.69) is 21.9 Å². The van der Waals surface area contributed by atoms with Crippen LogP contribution < -0.4 is 15.5 Å². The van der Waals surface area contributed by atoms with Gasteiger partial charge in [0.15, 0.2) is 0 Å². The van der Waals surface area contributed by atoms with Gasteiger partial charge in [-0.05, 0) is 60.2 Å². The van der Waals surface area contributed by atoms with E-state index in [0.717, 1.165) is 53.9 Å². The van der Waals surface area contributed by atoms with Gasteiger partial charge in [0.25, 0.3) is 0 Å². The van der Waals surface area contributed by atoms with Gasteiger partial charge in [-0.1, -0.05) is 18.2 Å². The highest BCUT2D eigenvalue weighted by atomic mass is 19.1. The molecule has 3 heterocycles. The molecule has 2 aliphatic heterocycles. The third kappa shape index (κ3) is 3.80. The lowest BCUT2D eigenvalue weighted by Gasteiger charge is -2.35. The van der Waals surface area contributed by atoms with Gasteiger partial charge in [-0.2, -0.15) is 0 Å². The van der Waals surface area contributed by atoms with Crippen LogP contribution in [0.15, 0.2) is 54.6 Å². The molecule has 2 aliphatic rings. The smallest absolute Gasteiger partial charge is 0.220 e. The molecule has 35 heavy (non-hydrogen) atoms. The SMILES string of the molecule is CN1CCN(n2c(N)nc3cc(/C=C4/c5ccc(F)cc5OCc5c(F)cccc54)ccc32)CC1. The van der Waals surface area contributed by atoms with Crippen LogP contribution in [-0.2, 0) is 6.61 Å². The van der Waals surface area contributed by atoms with Gasteiger partial charge < -0.3 is 20.4 Å². The Hall–Kier alpha value is -3.91. The fourth-order valence-electron chi connectivity index (χ4n) is 4.90. The van der Waals surface area contributed by atoms with Crippen molar-refractivity contribution in [2.75, 3.05) is 44.0 Å². The molecule has 1 saturated heterocycles. The second-order valence-electron chi connectivity index (χ2n) is 9.04. The summed E-state index contributed by atoms with van der Waals surface area (Å²) < 4.78 is 36.5. The zero-order valence-electron chi connectivity index (χ0n) is 19.3. The highest BCUT2D eigenvalue weighted by molar-refractivity contribution is 5.96. The van der Waals surface area contributed by atoms with Gasteiger partial charge >= 0.3 is 0 Å². The lowest BCUT2D eigenvalue weighted by molar-refractivity contribution is 0.290. The van der Waals surface area contributed by atoms with E-state index in [0.29, 0.717) is 22.8 Å². The molecule has 178 valence electrons. The minimum Gasteiger partial charge on any atom is -0.488 e. The average Bonchev–Trinajstić information content (AvgIpc) is 3.08. The maximum atomic E-state index is 14.7. The van der Waals surface area contributed by atoms with E-state index in [4.69, 9.17) is 10.5 Å². The van der Waals surface area contributed by atoms with Crippen LogP contribution in [0.25, 0.3) is 22.7 Å². The van der Waals surface area contributed by atoms with Crippen molar-refractivity contribution in [1.82, 2.24) is 14.6 Å². The number of nitrogens with two attached hydrogens (primary N) is 1. The summed E-state index contributed by atoms with van der Waals surface area (Å²) in [5, 5.41) is 2.22. The van der Waals surface area contributed by atoms with E-state index in [9.17, 15) is 8.78 Å². The number of fused-ring (bicyclic) bond motifs is 3. The van der Waals surface area contributed by atoms with Crippen molar-refractivity contribution in [3.63, 3.8) is 0 Å². The number of anilines is 1. The molecule has 6 rings (SSSR count). The molecule has 0 saturated carbocycles. The Kier molecular flexibility index (Phi) is 5.18. The molecule has 0 amide bonds. The van der Waals surface area contributed by atoms with Crippen molar-refractivity contribution < 1.29 is 13.5 Å². The summed E-state index contributed by atoms with van der Waals surface area (Å²) in [7, 11) is 2.11. The van der Waals surface area contributed by atoms with E-state index < -0.39 is 5.82 Å². The van der Waals surface area contributed by atoms with Crippen LogP contribution in [0.5, 0.6) is 5.75 Å². The largest absolute Gasteiger partial charge is 0.488 e. The predicted molar refractivity (Wildman–Crippen MR) is 134 cm³/mol. The Morgan fingerprint density at radius 1 is 0.971 bits per heavy atom. The van der Waals surface area contributed by atoms with E-state index in [1.807, 2.05) is 35.0 Å². The van der Waals surface area contributed by atoms with Gasteiger partial charge in [0.05, 0.1) is 11.0 Å².